The van der Waals surface area contributed by atoms with Crippen LogP contribution < -0.4 is 10.6 Å². The molecule has 7 heteroatoms. The number of alkyl carbamates (subject to hydrolysis) is 1. The number of aliphatic carboxylic acids is 1. The molecular weight excluding hydrogens is 420 g/mol. The monoisotopic (exact) mass is 452 g/mol. The Hall–Kier alpha value is -3.35. The van der Waals surface area contributed by atoms with Gasteiger partial charge in [0.15, 0.2) is 0 Å². The highest BCUT2D eigenvalue weighted by Gasteiger charge is 2.29. The average molecular weight is 453 g/mol. The van der Waals surface area contributed by atoms with Crippen molar-refractivity contribution >= 4 is 18.0 Å². The van der Waals surface area contributed by atoms with Crippen LogP contribution in [0.3, 0.4) is 0 Å². The summed E-state index contributed by atoms with van der Waals surface area (Å²) < 4.78 is 5.48. The number of carbonyl (C=O) groups is 3. The summed E-state index contributed by atoms with van der Waals surface area (Å²) in [7, 11) is 0. The summed E-state index contributed by atoms with van der Waals surface area (Å²) >= 11 is 0. The zero-order valence-corrected chi connectivity index (χ0v) is 19.3. The number of amides is 2. The van der Waals surface area contributed by atoms with Gasteiger partial charge in [-0.2, -0.15) is 0 Å². The Balaban J connectivity index is 1.51. The van der Waals surface area contributed by atoms with Gasteiger partial charge in [0.05, 0.1) is 0 Å². The number of hydrogen-bond donors (Lipinski definition) is 3. The molecule has 2 aromatic rings. The largest absolute Gasteiger partial charge is 0.481 e. The van der Waals surface area contributed by atoms with Crippen LogP contribution in [0.25, 0.3) is 11.1 Å². The number of fused-ring (bicyclic) bond motifs is 3. The fourth-order valence-corrected chi connectivity index (χ4v) is 4.43. The van der Waals surface area contributed by atoms with E-state index in [1.54, 1.807) is 6.92 Å². The molecule has 0 heterocycles. The maximum absolute atomic E-state index is 12.4. The molecule has 176 valence electrons. The number of carboxylic acid groups (broad SMARTS) is 1. The van der Waals surface area contributed by atoms with Gasteiger partial charge in [-0.1, -0.05) is 62.4 Å². The zero-order valence-electron chi connectivity index (χ0n) is 19.3. The normalized spacial score (nSPS) is 14.2. The summed E-state index contributed by atoms with van der Waals surface area (Å²) in [5.41, 5.74) is 4.53. The molecule has 33 heavy (non-hydrogen) atoms. The Morgan fingerprint density at radius 3 is 2.09 bits per heavy atom. The van der Waals surface area contributed by atoms with Crippen LogP contribution in [0.2, 0.25) is 0 Å². The second kappa shape index (κ2) is 11.0. The maximum Gasteiger partial charge on any atom is 0.407 e. The summed E-state index contributed by atoms with van der Waals surface area (Å²) in [4.78, 5) is 35.9. The quantitative estimate of drug-likeness (QED) is 0.502. The van der Waals surface area contributed by atoms with Crippen molar-refractivity contribution in [3.63, 3.8) is 0 Å². The maximum atomic E-state index is 12.4. The van der Waals surface area contributed by atoms with Gasteiger partial charge in [0.25, 0.3) is 0 Å². The topological polar surface area (TPSA) is 105 Å². The van der Waals surface area contributed by atoms with Crippen LogP contribution >= 0.6 is 0 Å². The first-order valence-corrected chi connectivity index (χ1v) is 11.4. The zero-order chi connectivity index (χ0) is 24.0. The molecule has 0 fully saturated rings. The highest BCUT2D eigenvalue weighted by Crippen LogP contribution is 2.44. The van der Waals surface area contributed by atoms with Crippen molar-refractivity contribution in [1.29, 1.82) is 0 Å². The molecule has 0 radical (unpaired) electrons. The van der Waals surface area contributed by atoms with E-state index in [1.807, 2.05) is 50.2 Å². The van der Waals surface area contributed by atoms with E-state index < -0.39 is 18.1 Å². The molecule has 0 saturated heterocycles. The molecule has 0 aromatic heterocycles. The fraction of sp³-hybridized carbons (Fsp3) is 0.423. The highest BCUT2D eigenvalue weighted by atomic mass is 16.5. The third-order valence-corrected chi connectivity index (χ3v) is 5.90. The van der Waals surface area contributed by atoms with Crippen LogP contribution in [0.5, 0.6) is 0 Å². The summed E-state index contributed by atoms with van der Waals surface area (Å²) in [6.45, 7) is 6.02. The van der Waals surface area contributed by atoms with Gasteiger partial charge in [0.1, 0.15) is 12.6 Å². The highest BCUT2D eigenvalue weighted by molar-refractivity contribution is 5.85. The van der Waals surface area contributed by atoms with Gasteiger partial charge < -0.3 is 20.5 Å². The Labute approximate surface area is 194 Å². The molecule has 0 bridgehead atoms. The third kappa shape index (κ3) is 6.34. The smallest absolute Gasteiger partial charge is 0.407 e. The molecule has 2 amide bonds. The van der Waals surface area contributed by atoms with Crippen molar-refractivity contribution in [2.75, 3.05) is 13.2 Å². The lowest BCUT2D eigenvalue weighted by molar-refractivity contribution is -0.138. The Morgan fingerprint density at radius 1 is 0.970 bits per heavy atom. The lowest BCUT2D eigenvalue weighted by Gasteiger charge is -2.20. The SMILES string of the molecule is CC(C)CC(CNC(=O)C(C)NC(=O)OCC1c2ccccc2-c2ccccc21)CC(=O)O. The number of carbonyl (C=O) groups excluding carboxylic acids is 2. The van der Waals surface area contributed by atoms with Crippen LogP contribution in [-0.4, -0.2) is 42.3 Å². The van der Waals surface area contributed by atoms with Crippen LogP contribution in [-0.2, 0) is 14.3 Å². The van der Waals surface area contributed by atoms with E-state index in [4.69, 9.17) is 9.84 Å². The Morgan fingerprint density at radius 2 is 1.55 bits per heavy atom. The molecule has 1 aliphatic rings. The van der Waals surface area contributed by atoms with Gasteiger partial charge in [0, 0.05) is 18.9 Å². The number of rotatable bonds is 10. The molecule has 2 unspecified atom stereocenters. The number of ether oxygens (including phenoxy) is 1. The van der Waals surface area contributed by atoms with E-state index in [1.165, 1.54) is 0 Å². The van der Waals surface area contributed by atoms with Crippen molar-refractivity contribution in [3.8, 4) is 11.1 Å². The average Bonchev–Trinajstić information content (AvgIpc) is 3.09. The minimum atomic E-state index is -0.889. The van der Waals surface area contributed by atoms with Crippen molar-refractivity contribution in [2.45, 2.75) is 45.6 Å². The van der Waals surface area contributed by atoms with Gasteiger partial charge in [-0.05, 0) is 47.4 Å². The fourth-order valence-electron chi connectivity index (χ4n) is 4.43. The summed E-state index contributed by atoms with van der Waals surface area (Å²) in [6.07, 6.45) is 0.0247. The Bertz CT molecular complexity index is 958. The first kappa shape index (κ1) is 24.3. The molecule has 0 saturated carbocycles. The second-order valence-electron chi connectivity index (χ2n) is 9.03. The molecule has 7 nitrogen and oxygen atoms in total. The molecule has 3 N–H and O–H groups in total. The standard InChI is InChI=1S/C26H32N2O5/c1-16(2)12-18(13-24(29)30)14-27-25(31)17(3)28-26(32)33-15-23-21-10-6-4-8-19(21)20-9-5-7-11-22(20)23/h4-11,16-18,23H,12-15H2,1-3H3,(H,27,31)(H,28,32)(H,29,30). The summed E-state index contributed by atoms with van der Waals surface area (Å²) in [5.74, 6) is -1.15. The first-order chi connectivity index (χ1) is 15.8. The number of hydrogen-bond acceptors (Lipinski definition) is 4. The van der Waals surface area contributed by atoms with Crippen molar-refractivity contribution in [1.82, 2.24) is 10.6 Å². The minimum Gasteiger partial charge on any atom is -0.481 e. The van der Waals surface area contributed by atoms with E-state index >= 15 is 0 Å². The number of benzene rings is 2. The van der Waals surface area contributed by atoms with Gasteiger partial charge in [0.2, 0.25) is 5.91 Å². The summed E-state index contributed by atoms with van der Waals surface area (Å²) in [5, 5.41) is 14.4. The van der Waals surface area contributed by atoms with E-state index in [0.717, 1.165) is 22.3 Å². The van der Waals surface area contributed by atoms with Gasteiger partial charge in [-0.15, -0.1) is 0 Å². The predicted octanol–water partition coefficient (Wildman–Crippen LogP) is 4.17. The summed E-state index contributed by atoms with van der Waals surface area (Å²) in [6, 6.07) is 15.4. The van der Waals surface area contributed by atoms with Gasteiger partial charge in [-0.3, -0.25) is 9.59 Å². The molecule has 0 aliphatic heterocycles. The van der Waals surface area contributed by atoms with Crippen LogP contribution in [0, 0.1) is 11.8 Å². The first-order valence-electron chi connectivity index (χ1n) is 11.4. The van der Waals surface area contributed by atoms with E-state index in [2.05, 4.69) is 22.8 Å². The molecule has 1 aliphatic carbocycles. The second-order valence-corrected chi connectivity index (χ2v) is 9.03. The molecule has 2 atom stereocenters. The predicted molar refractivity (Wildman–Crippen MR) is 126 cm³/mol. The van der Waals surface area contributed by atoms with Gasteiger partial charge >= 0.3 is 12.1 Å². The lowest BCUT2D eigenvalue weighted by atomic mass is 9.94. The molecule has 0 spiro atoms. The van der Waals surface area contributed by atoms with Gasteiger partial charge in [-0.25, -0.2) is 4.79 Å². The van der Waals surface area contributed by atoms with Crippen molar-refractivity contribution < 1.29 is 24.2 Å². The molecule has 2 aromatic carbocycles. The minimum absolute atomic E-state index is 0.00729. The third-order valence-electron chi connectivity index (χ3n) is 5.90. The number of carboxylic acids is 1. The number of nitrogens with one attached hydrogen (secondary N) is 2. The Kier molecular flexibility index (Phi) is 8.09. The molecular formula is C26H32N2O5. The van der Waals surface area contributed by atoms with Crippen LogP contribution in [0.1, 0.15) is 50.7 Å². The van der Waals surface area contributed by atoms with Crippen LogP contribution in [0.4, 0.5) is 4.79 Å². The van der Waals surface area contributed by atoms with Crippen molar-refractivity contribution in [3.05, 3.63) is 59.7 Å². The molecule has 3 rings (SSSR count). The van der Waals surface area contributed by atoms with E-state index in [9.17, 15) is 14.4 Å². The lowest BCUT2D eigenvalue weighted by Crippen LogP contribution is -2.46. The van der Waals surface area contributed by atoms with Crippen molar-refractivity contribution in [2.24, 2.45) is 11.8 Å². The van der Waals surface area contributed by atoms with Crippen LogP contribution in [0.15, 0.2) is 48.5 Å². The van der Waals surface area contributed by atoms with E-state index in [-0.39, 0.29) is 37.3 Å². The van der Waals surface area contributed by atoms with E-state index in [0.29, 0.717) is 12.3 Å².